The molecule has 3 amide bonds. The zero-order chi connectivity index (χ0) is 24.0. The Labute approximate surface area is 208 Å². The number of benzene rings is 1. The summed E-state index contributed by atoms with van der Waals surface area (Å²) >= 11 is 0. The van der Waals surface area contributed by atoms with Crippen molar-refractivity contribution < 1.29 is 14.4 Å². The number of nitrogens with zero attached hydrogens (tertiary/aromatic N) is 2. The smallest absolute Gasteiger partial charge is 0.247 e. The number of aryl methyl sites for hydroxylation is 1. The predicted octanol–water partition coefficient (Wildman–Crippen LogP) is 4.39. The molecule has 1 aromatic rings. The molecule has 6 fully saturated rings. The maximum Gasteiger partial charge on any atom is 0.247 e. The lowest BCUT2D eigenvalue weighted by Crippen LogP contribution is -2.56. The SMILES string of the molecule is O=C(Nc1ccc(CCC(=O)N2CCCC2)cc1)C1CCCN1C(=O)C12CC3CC(CC(C3)C1)C2. The molecule has 35 heavy (non-hydrogen) atoms. The molecule has 0 aromatic heterocycles. The van der Waals surface area contributed by atoms with Gasteiger partial charge < -0.3 is 15.1 Å². The number of likely N-dealkylation sites (tertiary alicyclic amines) is 2. The number of rotatable bonds is 6. The average Bonchev–Trinajstić information content (AvgIpc) is 3.55. The molecule has 6 heteroatoms. The molecule has 1 unspecified atom stereocenters. The van der Waals surface area contributed by atoms with Gasteiger partial charge >= 0.3 is 0 Å². The molecule has 6 nitrogen and oxygen atoms in total. The van der Waals surface area contributed by atoms with Crippen LogP contribution in [0.15, 0.2) is 24.3 Å². The zero-order valence-corrected chi connectivity index (χ0v) is 20.8. The van der Waals surface area contributed by atoms with E-state index in [2.05, 4.69) is 5.32 Å². The zero-order valence-electron chi connectivity index (χ0n) is 20.8. The van der Waals surface area contributed by atoms with Crippen LogP contribution < -0.4 is 5.32 Å². The van der Waals surface area contributed by atoms with Gasteiger partial charge in [-0.15, -0.1) is 0 Å². The van der Waals surface area contributed by atoms with Crippen LogP contribution in [0.5, 0.6) is 0 Å². The second-order valence-electron chi connectivity index (χ2n) is 12.1. The van der Waals surface area contributed by atoms with Gasteiger partial charge in [-0.05, 0) is 106 Å². The minimum Gasteiger partial charge on any atom is -0.343 e. The summed E-state index contributed by atoms with van der Waals surface area (Å²) in [5.74, 6) is 2.63. The van der Waals surface area contributed by atoms with Crippen LogP contribution in [-0.2, 0) is 20.8 Å². The quantitative estimate of drug-likeness (QED) is 0.661. The Balaban J connectivity index is 1.06. The van der Waals surface area contributed by atoms with Gasteiger partial charge in [0.05, 0.1) is 5.41 Å². The summed E-state index contributed by atoms with van der Waals surface area (Å²) in [5, 5.41) is 3.07. The molecule has 6 aliphatic rings. The number of hydrogen-bond acceptors (Lipinski definition) is 3. The summed E-state index contributed by atoms with van der Waals surface area (Å²) in [6.07, 6.45) is 12.2. The first-order valence-electron chi connectivity index (χ1n) is 14.0. The summed E-state index contributed by atoms with van der Waals surface area (Å²) in [6.45, 7) is 2.50. The number of carbonyl (C=O) groups excluding carboxylic acids is 3. The number of anilines is 1. The summed E-state index contributed by atoms with van der Waals surface area (Å²) in [6, 6.07) is 7.50. The van der Waals surface area contributed by atoms with Gasteiger partial charge in [0.25, 0.3) is 0 Å². The summed E-state index contributed by atoms with van der Waals surface area (Å²) in [4.78, 5) is 43.3. The molecule has 0 spiro atoms. The first kappa shape index (κ1) is 23.1. The van der Waals surface area contributed by atoms with Gasteiger partial charge in [0, 0.05) is 31.7 Å². The van der Waals surface area contributed by atoms with Crippen LogP contribution in [0.2, 0.25) is 0 Å². The molecule has 2 saturated heterocycles. The first-order valence-corrected chi connectivity index (χ1v) is 14.0. The molecule has 4 saturated carbocycles. The Kier molecular flexibility index (Phi) is 6.10. The van der Waals surface area contributed by atoms with Crippen molar-refractivity contribution in [2.24, 2.45) is 23.2 Å². The van der Waals surface area contributed by atoms with Crippen molar-refractivity contribution in [3.8, 4) is 0 Å². The fourth-order valence-corrected chi connectivity index (χ4v) is 8.32. The molecule has 4 aliphatic carbocycles. The van der Waals surface area contributed by atoms with E-state index in [4.69, 9.17) is 0 Å². The van der Waals surface area contributed by atoms with Gasteiger partial charge in [-0.3, -0.25) is 14.4 Å². The Morgan fingerprint density at radius 2 is 1.49 bits per heavy atom. The van der Waals surface area contributed by atoms with Crippen LogP contribution in [-0.4, -0.2) is 53.2 Å². The average molecular weight is 478 g/mol. The molecule has 1 atom stereocenters. The molecule has 2 heterocycles. The van der Waals surface area contributed by atoms with Crippen LogP contribution in [0.25, 0.3) is 0 Å². The van der Waals surface area contributed by atoms with Crippen molar-refractivity contribution >= 4 is 23.4 Å². The van der Waals surface area contributed by atoms with E-state index >= 15 is 0 Å². The highest BCUT2D eigenvalue weighted by atomic mass is 16.2. The van der Waals surface area contributed by atoms with Crippen LogP contribution in [0.1, 0.15) is 76.2 Å². The van der Waals surface area contributed by atoms with E-state index in [9.17, 15) is 14.4 Å². The van der Waals surface area contributed by atoms with Gasteiger partial charge in [-0.25, -0.2) is 0 Å². The monoisotopic (exact) mass is 477 g/mol. The lowest BCUT2D eigenvalue weighted by Gasteiger charge is -2.56. The Morgan fingerprint density at radius 3 is 2.11 bits per heavy atom. The van der Waals surface area contributed by atoms with Gasteiger partial charge in [0.1, 0.15) is 6.04 Å². The van der Waals surface area contributed by atoms with Crippen molar-refractivity contribution in [3.63, 3.8) is 0 Å². The van der Waals surface area contributed by atoms with Crippen molar-refractivity contribution in [2.75, 3.05) is 25.0 Å². The number of hydrogen-bond donors (Lipinski definition) is 1. The number of amides is 3. The predicted molar refractivity (Wildman–Crippen MR) is 135 cm³/mol. The first-order chi connectivity index (χ1) is 17.0. The Morgan fingerprint density at radius 1 is 0.857 bits per heavy atom. The third-order valence-electron chi connectivity index (χ3n) is 9.62. The van der Waals surface area contributed by atoms with E-state index in [1.54, 1.807) is 0 Å². The van der Waals surface area contributed by atoms with Crippen LogP contribution in [0, 0.1) is 23.2 Å². The van der Waals surface area contributed by atoms with Crippen LogP contribution >= 0.6 is 0 Å². The fraction of sp³-hybridized carbons (Fsp3) is 0.690. The molecule has 1 aromatic carbocycles. The summed E-state index contributed by atoms with van der Waals surface area (Å²) in [7, 11) is 0. The molecular weight excluding hydrogens is 438 g/mol. The molecule has 1 N–H and O–H groups in total. The highest BCUT2D eigenvalue weighted by Crippen LogP contribution is 2.60. The largest absolute Gasteiger partial charge is 0.343 e. The normalized spacial score (nSPS) is 33.4. The molecule has 0 radical (unpaired) electrons. The van der Waals surface area contributed by atoms with E-state index in [0.29, 0.717) is 13.0 Å². The van der Waals surface area contributed by atoms with Crippen LogP contribution in [0.3, 0.4) is 0 Å². The highest BCUT2D eigenvalue weighted by Gasteiger charge is 2.56. The van der Waals surface area contributed by atoms with E-state index < -0.39 is 0 Å². The van der Waals surface area contributed by atoms with E-state index in [0.717, 1.165) is 93.5 Å². The standard InChI is InChI=1S/C29H39N3O3/c33-26(31-11-1-2-12-31)10-7-20-5-8-24(9-6-20)30-27(34)25-4-3-13-32(25)28(35)29-17-21-14-22(18-29)16-23(15-21)19-29/h5-6,8-9,21-23,25H,1-4,7,10-19H2,(H,30,34). The van der Waals surface area contributed by atoms with Gasteiger partial charge in [0.15, 0.2) is 0 Å². The van der Waals surface area contributed by atoms with E-state index in [1.165, 1.54) is 19.3 Å². The molecule has 7 rings (SSSR count). The third-order valence-corrected chi connectivity index (χ3v) is 9.62. The third kappa shape index (κ3) is 4.49. The Bertz CT molecular complexity index is 946. The maximum absolute atomic E-state index is 13.8. The second kappa shape index (κ2) is 9.25. The summed E-state index contributed by atoms with van der Waals surface area (Å²) < 4.78 is 0. The van der Waals surface area contributed by atoms with Crippen molar-refractivity contribution in [1.29, 1.82) is 0 Å². The molecule has 2 aliphatic heterocycles. The van der Waals surface area contributed by atoms with Gasteiger partial charge in [-0.2, -0.15) is 0 Å². The Hall–Kier alpha value is -2.37. The molecular formula is C29H39N3O3. The maximum atomic E-state index is 13.8. The minimum absolute atomic E-state index is 0.0578. The topological polar surface area (TPSA) is 69.7 Å². The lowest BCUT2D eigenvalue weighted by molar-refractivity contribution is -0.160. The lowest BCUT2D eigenvalue weighted by atomic mass is 9.49. The van der Waals surface area contributed by atoms with E-state index in [-0.39, 0.29) is 29.2 Å². The van der Waals surface area contributed by atoms with Crippen LogP contribution in [0.4, 0.5) is 5.69 Å². The van der Waals surface area contributed by atoms with Crippen molar-refractivity contribution in [1.82, 2.24) is 9.80 Å². The fourth-order valence-electron chi connectivity index (χ4n) is 8.32. The molecule has 188 valence electrons. The highest BCUT2D eigenvalue weighted by molar-refractivity contribution is 5.98. The minimum atomic E-state index is -0.353. The molecule has 4 bridgehead atoms. The van der Waals surface area contributed by atoms with Crippen molar-refractivity contribution in [2.45, 2.75) is 83.1 Å². The van der Waals surface area contributed by atoms with Gasteiger partial charge in [0.2, 0.25) is 17.7 Å². The van der Waals surface area contributed by atoms with Crippen molar-refractivity contribution in [3.05, 3.63) is 29.8 Å². The number of carbonyl (C=O) groups is 3. The van der Waals surface area contributed by atoms with Gasteiger partial charge in [-0.1, -0.05) is 12.1 Å². The second-order valence-corrected chi connectivity index (χ2v) is 12.1. The van der Waals surface area contributed by atoms with E-state index in [1.807, 2.05) is 34.1 Å². The number of nitrogens with one attached hydrogen (secondary N) is 1. The summed E-state index contributed by atoms with van der Waals surface area (Å²) in [5.41, 5.74) is 1.68.